The van der Waals surface area contributed by atoms with Crippen molar-refractivity contribution in [2.24, 2.45) is 5.92 Å². The van der Waals surface area contributed by atoms with Gasteiger partial charge >= 0.3 is 5.97 Å². The van der Waals surface area contributed by atoms with Crippen molar-refractivity contribution >= 4 is 11.9 Å². The Bertz CT molecular complexity index is 422. The lowest BCUT2D eigenvalue weighted by Crippen LogP contribution is -2.13. The molecule has 0 spiro atoms. The predicted molar refractivity (Wildman–Crippen MR) is 72.5 cm³/mol. The van der Waals surface area contributed by atoms with Gasteiger partial charge in [0, 0.05) is 18.3 Å². The summed E-state index contributed by atoms with van der Waals surface area (Å²) in [7, 11) is 0. The molecule has 0 aliphatic carbocycles. The van der Waals surface area contributed by atoms with Crippen LogP contribution in [0.15, 0.2) is 6.07 Å². The molecule has 19 heavy (non-hydrogen) atoms. The van der Waals surface area contributed by atoms with Crippen molar-refractivity contribution in [2.75, 3.05) is 18.5 Å². The van der Waals surface area contributed by atoms with Crippen molar-refractivity contribution in [2.45, 2.75) is 33.6 Å². The number of rotatable bonds is 8. The standard InChI is InChI=1S/C13H21N3O3/c1-4-10-7-11(19-8-12(17)18)16-13(15-10)14-6-5-9(2)3/h7,9H,4-6,8H2,1-3H3,(H,17,18)(H,14,15,16). The fraction of sp³-hybridized carbons (Fsp3) is 0.615. The topological polar surface area (TPSA) is 84.3 Å². The van der Waals surface area contributed by atoms with Gasteiger partial charge < -0.3 is 15.2 Å². The van der Waals surface area contributed by atoms with Gasteiger partial charge in [0.15, 0.2) is 6.61 Å². The third-order valence-electron chi connectivity index (χ3n) is 2.47. The van der Waals surface area contributed by atoms with Crippen LogP contribution in [0.25, 0.3) is 0 Å². The van der Waals surface area contributed by atoms with Crippen LogP contribution in [0.5, 0.6) is 5.88 Å². The molecule has 0 aliphatic rings. The van der Waals surface area contributed by atoms with E-state index in [1.165, 1.54) is 0 Å². The number of hydrogen-bond donors (Lipinski definition) is 2. The highest BCUT2D eigenvalue weighted by Gasteiger charge is 2.06. The number of carboxylic acids is 1. The highest BCUT2D eigenvalue weighted by atomic mass is 16.5. The van der Waals surface area contributed by atoms with E-state index in [-0.39, 0.29) is 0 Å². The summed E-state index contributed by atoms with van der Waals surface area (Å²) in [5.41, 5.74) is 0.822. The van der Waals surface area contributed by atoms with Crippen LogP contribution in [0.3, 0.4) is 0 Å². The molecule has 0 fully saturated rings. The lowest BCUT2D eigenvalue weighted by molar-refractivity contribution is -0.139. The Morgan fingerprint density at radius 2 is 2.21 bits per heavy atom. The molecule has 0 radical (unpaired) electrons. The second kappa shape index (κ2) is 7.56. The van der Waals surface area contributed by atoms with Crippen LogP contribution < -0.4 is 10.1 Å². The van der Waals surface area contributed by atoms with Gasteiger partial charge in [-0.3, -0.25) is 0 Å². The number of hydrogen-bond acceptors (Lipinski definition) is 5. The van der Waals surface area contributed by atoms with Crippen molar-refractivity contribution < 1.29 is 14.6 Å². The molecule has 1 heterocycles. The number of nitrogens with zero attached hydrogens (tertiary/aromatic N) is 2. The maximum Gasteiger partial charge on any atom is 0.341 e. The zero-order valence-electron chi connectivity index (χ0n) is 11.6. The molecular formula is C13H21N3O3. The lowest BCUT2D eigenvalue weighted by atomic mass is 10.1. The molecule has 0 aliphatic heterocycles. The molecular weight excluding hydrogens is 246 g/mol. The zero-order valence-corrected chi connectivity index (χ0v) is 11.6. The number of carbonyl (C=O) groups is 1. The molecule has 0 saturated carbocycles. The van der Waals surface area contributed by atoms with Gasteiger partial charge in [-0.15, -0.1) is 0 Å². The van der Waals surface area contributed by atoms with Crippen molar-refractivity contribution in [1.82, 2.24) is 9.97 Å². The number of carboxylic acid groups (broad SMARTS) is 1. The fourth-order valence-corrected chi connectivity index (χ4v) is 1.41. The fourth-order valence-electron chi connectivity index (χ4n) is 1.41. The van der Waals surface area contributed by atoms with E-state index in [0.717, 1.165) is 25.1 Å². The van der Waals surface area contributed by atoms with E-state index in [4.69, 9.17) is 9.84 Å². The van der Waals surface area contributed by atoms with Crippen molar-refractivity contribution in [3.05, 3.63) is 11.8 Å². The maximum absolute atomic E-state index is 10.5. The average Bonchev–Trinajstić information content (AvgIpc) is 2.35. The smallest absolute Gasteiger partial charge is 0.341 e. The van der Waals surface area contributed by atoms with E-state index >= 15 is 0 Å². The summed E-state index contributed by atoms with van der Waals surface area (Å²) in [6.45, 7) is 6.65. The lowest BCUT2D eigenvalue weighted by Gasteiger charge is -2.10. The second-order valence-electron chi connectivity index (χ2n) is 4.67. The Morgan fingerprint density at radius 3 is 2.79 bits per heavy atom. The van der Waals surface area contributed by atoms with Gasteiger partial charge in [0.1, 0.15) is 0 Å². The van der Waals surface area contributed by atoms with E-state index in [1.807, 2.05) is 6.92 Å². The Morgan fingerprint density at radius 1 is 1.47 bits per heavy atom. The van der Waals surface area contributed by atoms with E-state index in [0.29, 0.717) is 17.7 Å². The van der Waals surface area contributed by atoms with E-state index in [9.17, 15) is 4.79 Å². The molecule has 0 aromatic carbocycles. The molecule has 2 N–H and O–H groups in total. The summed E-state index contributed by atoms with van der Waals surface area (Å²) < 4.78 is 5.09. The molecule has 0 saturated heterocycles. The average molecular weight is 267 g/mol. The Balaban J connectivity index is 2.68. The van der Waals surface area contributed by atoms with Gasteiger partial charge in [0.05, 0.1) is 0 Å². The first kappa shape index (κ1) is 15.2. The van der Waals surface area contributed by atoms with Gasteiger partial charge in [-0.05, 0) is 18.8 Å². The molecule has 6 heteroatoms. The van der Waals surface area contributed by atoms with Crippen LogP contribution in [0.4, 0.5) is 5.95 Å². The summed E-state index contributed by atoms with van der Waals surface area (Å²) in [4.78, 5) is 18.9. The largest absolute Gasteiger partial charge is 0.479 e. The quantitative estimate of drug-likeness (QED) is 0.749. The highest BCUT2D eigenvalue weighted by Crippen LogP contribution is 2.13. The van der Waals surface area contributed by atoms with Crippen LogP contribution in [-0.2, 0) is 11.2 Å². The first-order chi connectivity index (χ1) is 9.01. The molecule has 0 bridgehead atoms. The molecule has 1 aromatic rings. The van der Waals surface area contributed by atoms with Gasteiger partial charge in [-0.2, -0.15) is 4.98 Å². The molecule has 1 aromatic heterocycles. The summed E-state index contributed by atoms with van der Waals surface area (Å²) in [6, 6.07) is 1.66. The second-order valence-corrected chi connectivity index (χ2v) is 4.67. The van der Waals surface area contributed by atoms with Gasteiger partial charge in [-0.1, -0.05) is 20.8 Å². The third kappa shape index (κ3) is 6.03. The van der Waals surface area contributed by atoms with Crippen LogP contribution in [0, 0.1) is 5.92 Å². The first-order valence-corrected chi connectivity index (χ1v) is 6.47. The predicted octanol–water partition coefficient (Wildman–Crippen LogP) is 1.96. The first-order valence-electron chi connectivity index (χ1n) is 6.47. The molecule has 6 nitrogen and oxygen atoms in total. The Hall–Kier alpha value is -1.85. The number of anilines is 1. The summed E-state index contributed by atoms with van der Waals surface area (Å²) in [5, 5.41) is 11.7. The molecule has 106 valence electrons. The van der Waals surface area contributed by atoms with Crippen molar-refractivity contribution in [1.29, 1.82) is 0 Å². The summed E-state index contributed by atoms with van der Waals surface area (Å²) in [5.74, 6) is 0.359. The minimum Gasteiger partial charge on any atom is -0.479 e. The van der Waals surface area contributed by atoms with E-state index < -0.39 is 12.6 Å². The number of aryl methyl sites for hydroxylation is 1. The molecule has 0 atom stereocenters. The van der Waals surface area contributed by atoms with Crippen LogP contribution in [0.1, 0.15) is 32.9 Å². The zero-order chi connectivity index (χ0) is 14.3. The van der Waals surface area contributed by atoms with E-state index in [1.54, 1.807) is 6.07 Å². The van der Waals surface area contributed by atoms with Gasteiger partial charge in [-0.25, -0.2) is 9.78 Å². The number of aliphatic carboxylic acids is 1. The van der Waals surface area contributed by atoms with Gasteiger partial charge in [0.2, 0.25) is 11.8 Å². The minimum atomic E-state index is -1.02. The monoisotopic (exact) mass is 267 g/mol. The van der Waals surface area contributed by atoms with Crippen LogP contribution in [-0.4, -0.2) is 34.2 Å². The number of nitrogens with one attached hydrogen (secondary N) is 1. The summed E-state index contributed by atoms with van der Waals surface area (Å²) >= 11 is 0. The number of ether oxygens (including phenoxy) is 1. The normalized spacial score (nSPS) is 10.5. The minimum absolute atomic E-state index is 0.293. The van der Waals surface area contributed by atoms with E-state index in [2.05, 4.69) is 29.1 Å². The van der Waals surface area contributed by atoms with Crippen LogP contribution in [0.2, 0.25) is 0 Å². The van der Waals surface area contributed by atoms with Gasteiger partial charge in [0.25, 0.3) is 0 Å². The third-order valence-corrected chi connectivity index (χ3v) is 2.47. The SMILES string of the molecule is CCc1cc(OCC(=O)O)nc(NCCC(C)C)n1. The molecule has 0 unspecified atom stereocenters. The molecule has 1 rings (SSSR count). The Labute approximate surface area is 113 Å². The van der Waals surface area contributed by atoms with Crippen molar-refractivity contribution in [3.8, 4) is 5.88 Å². The maximum atomic E-state index is 10.5. The summed E-state index contributed by atoms with van der Waals surface area (Å²) in [6.07, 6.45) is 1.76. The van der Waals surface area contributed by atoms with Crippen molar-refractivity contribution in [3.63, 3.8) is 0 Å². The number of aromatic nitrogens is 2. The molecule has 0 amide bonds. The van der Waals surface area contributed by atoms with Crippen LogP contribution >= 0.6 is 0 Å². The highest BCUT2D eigenvalue weighted by molar-refractivity contribution is 5.68. The Kier molecular flexibility index (Phi) is 6.05.